The van der Waals surface area contributed by atoms with E-state index in [9.17, 15) is 0 Å². The summed E-state index contributed by atoms with van der Waals surface area (Å²) in [6.45, 7) is 3.73. The molecule has 0 aromatic carbocycles. The Morgan fingerprint density at radius 1 is 1.19 bits per heavy atom. The lowest BCUT2D eigenvalue weighted by atomic mass is 10.3. The Balaban J connectivity index is 1.99. The monoisotopic (exact) mass is 287 g/mol. The van der Waals surface area contributed by atoms with E-state index in [1.165, 1.54) is 17.3 Å². The molecule has 0 aliphatic heterocycles. The summed E-state index contributed by atoms with van der Waals surface area (Å²) in [5.74, 6) is 0.853. The van der Waals surface area contributed by atoms with Gasteiger partial charge >= 0.3 is 6.01 Å². The fourth-order valence-electron chi connectivity index (χ4n) is 1.81. The third-order valence-electron chi connectivity index (χ3n) is 2.88. The molecule has 3 heterocycles. The van der Waals surface area contributed by atoms with Crippen molar-refractivity contribution in [1.29, 1.82) is 0 Å². The fraction of sp³-hybridized carbons (Fsp3) is 0.273. The van der Waals surface area contributed by atoms with Crippen LogP contribution in [0.25, 0.3) is 5.95 Å². The lowest BCUT2D eigenvalue weighted by Crippen LogP contribution is -2.08. The molecule has 3 rings (SSSR count). The van der Waals surface area contributed by atoms with E-state index < -0.39 is 0 Å². The predicted molar refractivity (Wildman–Crippen MR) is 71.9 cm³/mol. The highest BCUT2D eigenvalue weighted by Gasteiger charge is 2.15. The normalized spacial score (nSPS) is 10.8. The van der Waals surface area contributed by atoms with Gasteiger partial charge in [-0.05, 0) is 13.8 Å². The predicted octanol–water partition coefficient (Wildman–Crippen LogP) is 0.177. The van der Waals surface area contributed by atoms with Crippen LogP contribution in [0.4, 0.5) is 5.95 Å². The minimum atomic E-state index is 0.0321. The van der Waals surface area contributed by atoms with E-state index in [0.717, 1.165) is 11.4 Å². The molecule has 0 bridgehead atoms. The van der Waals surface area contributed by atoms with Crippen molar-refractivity contribution in [3.63, 3.8) is 0 Å². The topological polar surface area (TPSA) is 122 Å². The van der Waals surface area contributed by atoms with Gasteiger partial charge in [-0.1, -0.05) is 0 Å². The van der Waals surface area contributed by atoms with Crippen LogP contribution in [-0.2, 0) is 7.05 Å². The van der Waals surface area contributed by atoms with E-state index in [2.05, 4.69) is 30.1 Å². The minimum Gasteiger partial charge on any atom is -0.420 e. The molecule has 0 saturated carbocycles. The van der Waals surface area contributed by atoms with Gasteiger partial charge in [-0.2, -0.15) is 29.8 Å². The van der Waals surface area contributed by atoms with Crippen LogP contribution >= 0.6 is 0 Å². The van der Waals surface area contributed by atoms with E-state index in [-0.39, 0.29) is 17.9 Å². The van der Waals surface area contributed by atoms with Crippen LogP contribution in [0.5, 0.6) is 11.8 Å². The quantitative estimate of drug-likeness (QED) is 0.723. The van der Waals surface area contributed by atoms with Crippen molar-refractivity contribution in [2.75, 3.05) is 5.73 Å². The Labute approximate surface area is 119 Å². The van der Waals surface area contributed by atoms with Crippen molar-refractivity contribution in [2.45, 2.75) is 13.8 Å². The number of nitrogens with zero attached hydrogens (tertiary/aromatic N) is 8. The molecule has 10 nitrogen and oxygen atoms in total. The first kappa shape index (κ1) is 13.0. The van der Waals surface area contributed by atoms with Crippen LogP contribution in [0.3, 0.4) is 0 Å². The fourth-order valence-corrected chi connectivity index (χ4v) is 1.81. The summed E-state index contributed by atoms with van der Waals surface area (Å²) in [5, 5.41) is 8.20. The number of hydrogen-bond donors (Lipinski definition) is 1. The summed E-state index contributed by atoms with van der Waals surface area (Å²) in [6, 6.07) is 0.0761. The van der Waals surface area contributed by atoms with Gasteiger partial charge in [-0.25, -0.2) is 4.98 Å². The van der Waals surface area contributed by atoms with E-state index >= 15 is 0 Å². The Morgan fingerprint density at radius 3 is 2.62 bits per heavy atom. The second kappa shape index (κ2) is 4.81. The second-order valence-corrected chi connectivity index (χ2v) is 4.34. The van der Waals surface area contributed by atoms with E-state index in [1.54, 1.807) is 4.68 Å². The average Bonchev–Trinajstić information content (AvgIpc) is 3.04. The van der Waals surface area contributed by atoms with Crippen molar-refractivity contribution in [3.8, 4) is 17.7 Å². The number of aryl methyl sites for hydroxylation is 2. The van der Waals surface area contributed by atoms with E-state index in [4.69, 9.17) is 10.5 Å². The zero-order valence-electron chi connectivity index (χ0n) is 11.7. The molecule has 3 aromatic heterocycles. The highest BCUT2D eigenvalue weighted by atomic mass is 16.5. The van der Waals surface area contributed by atoms with Gasteiger partial charge in [0.05, 0.1) is 5.69 Å². The van der Waals surface area contributed by atoms with E-state index in [0.29, 0.717) is 5.75 Å². The molecule has 0 spiro atoms. The highest BCUT2D eigenvalue weighted by Crippen LogP contribution is 2.26. The molecule has 2 N–H and O–H groups in total. The number of aromatic nitrogens is 8. The van der Waals surface area contributed by atoms with Crippen LogP contribution in [0.15, 0.2) is 12.7 Å². The summed E-state index contributed by atoms with van der Waals surface area (Å²) in [6.07, 6.45) is 2.83. The molecule has 0 amide bonds. The lowest BCUT2D eigenvalue weighted by Gasteiger charge is -2.06. The van der Waals surface area contributed by atoms with Gasteiger partial charge in [0.2, 0.25) is 5.95 Å². The molecular formula is C11H13N9O. The lowest BCUT2D eigenvalue weighted by molar-refractivity contribution is 0.431. The number of hydrogen-bond acceptors (Lipinski definition) is 8. The maximum absolute atomic E-state index is 5.69. The third-order valence-corrected chi connectivity index (χ3v) is 2.88. The van der Waals surface area contributed by atoms with Gasteiger partial charge in [0.15, 0.2) is 5.75 Å². The SMILES string of the molecule is Cc1nn(C)c(C)c1Oc1nc(N)nc(-n2cncn2)n1. The summed E-state index contributed by atoms with van der Waals surface area (Å²) in [7, 11) is 1.83. The smallest absolute Gasteiger partial charge is 0.328 e. The van der Waals surface area contributed by atoms with Gasteiger partial charge in [0, 0.05) is 7.05 Å². The maximum Gasteiger partial charge on any atom is 0.328 e. The van der Waals surface area contributed by atoms with Gasteiger partial charge in [-0.15, -0.1) is 0 Å². The number of nitrogen functional groups attached to an aromatic ring is 1. The van der Waals surface area contributed by atoms with Crippen LogP contribution in [0.2, 0.25) is 0 Å². The van der Waals surface area contributed by atoms with Gasteiger partial charge in [0.1, 0.15) is 18.3 Å². The molecule has 0 fully saturated rings. The number of rotatable bonds is 3. The summed E-state index contributed by atoms with van der Waals surface area (Å²) in [5.41, 5.74) is 7.26. The first-order chi connectivity index (χ1) is 10.0. The zero-order valence-corrected chi connectivity index (χ0v) is 11.7. The molecule has 0 radical (unpaired) electrons. The standard InChI is InChI=1S/C11H13N9O/c1-6-8(7(2)19(3)18-6)21-11-16-9(12)15-10(17-11)20-5-13-4-14-20/h4-5H,1-3H3,(H2,12,15,16,17). The van der Waals surface area contributed by atoms with Gasteiger partial charge in [-0.3, -0.25) is 4.68 Å². The Morgan fingerprint density at radius 2 is 2.00 bits per heavy atom. The van der Waals surface area contributed by atoms with Crippen molar-refractivity contribution < 1.29 is 4.74 Å². The Kier molecular flexibility index (Phi) is 2.97. The molecule has 0 unspecified atom stereocenters. The molecule has 10 heteroatoms. The van der Waals surface area contributed by atoms with Crippen LogP contribution < -0.4 is 10.5 Å². The van der Waals surface area contributed by atoms with E-state index in [1.807, 2.05) is 20.9 Å². The Bertz CT molecular complexity index is 777. The summed E-state index contributed by atoms with van der Waals surface area (Å²) >= 11 is 0. The summed E-state index contributed by atoms with van der Waals surface area (Å²) < 4.78 is 8.78. The third kappa shape index (κ3) is 2.38. The molecule has 21 heavy (non-hydrogen) atoms. The molecule has 0 saturated heterocycles. The molecular weight excluding hydrogens is 274 g/mol. The van der Waals surface area contributed by atoms with Crippen LogP contribution in [0.1, 0.15) is 11.4 Å². The first-order valence-corrected chi connectivity index (χ1v) is 6.09. The molecule has 108 valence electrons. The van der Waals surface area contributed by atoms with Crippen LogP contribution in [0, 0.1) is 13.8 Å². The van der Waals surface area contributed by atoms with Crippen molar-refractivity contribution in [1.82, 2.24) is 39.5 Å². The van der Waals surface area contributed by atoms with Gasteiger partial charge < -0.3 is 10.5 Å². The van der Waals surface area contributed by atoms with Crippen molar-refractivity contribution in [3.05, 3.63) is 24.0 Å². The van der Waals surface area contributed by atoms with Crippen LogP contribution in [-0.4, -0.2) is 39.5 Å². The Hall–Kier alpha value is -3.04. The molecule has 0 aliphatic carbocycles. The highest BCUT2D eigenvalue weighted by molar-refractivity contribution is 5.35. The average molecular weight is 287 g/mol. The first-order valence-electron chi connectivity index (χ1n) is 6.09. The van der Waals surface area contributed by atoms with Crippen molar-refractivity contribution >= 4 is 5.95 Å². The molecule has 0 atom stereocenters. The molecule has 3 aromatic rings. The number of ether oxygens (including phenoxy) is 1. The number of anilines is 1. The van der Waals surface area contributed by atoms with Gasteiger partial charge in [0.25, 0.3) is 5.95 Å². The summed E-state index contributed by atoms with van der Waals surface area (Å²) in [4.78, 5) is 15.9. The minimum absolute atomic E-state index is 0.0321. The zero-order chi connectivity index (χ0) is 15.0. The molecule has 0 aliphatic rings. The van der Waals surface area contributed by atoms with Crippen molar-refractivity contribution in [2.24, 2.45) is 7.05 Å². The second-order valence-electron chi connectivity index (χ2n) is 4.34. The number of nitrogens with two attached hydrogens (primary N) is 1. The largest absolute Gasteiger partial charge is 0.420 e. The maximum atomic E-state index is 5.69.